The van der Waals surface area contributed by atoms with Crippen molar-refractivity contribution < 1.29 is 4.79 Å². The summed E-state index contributed by atoms with van der Waals surface area (Å²) in [6, 6.07) is 11.4. The molecule has 0 atom stereocenters. The molecule has 0 saturated carbocycles. The van der Waals surface area contributed by atoms with Crippen molar-refractivity contribution in [2.24, 2.45) is 0 Å². The first-order chi connectivity index (χ1) is 13.2. The van der Waals surface area contributed by atoms with E-state index in [9.17, 15) is 4.79 Å². The van der Waals surface area contributed by atoms with Crippen molar-refractivity contribution in [3.05, 3.63) is 58.6 Å². The van der Waals surface area contributed by atoms with Gasteiger partial charge in [0.05, 0.1) is 23.7 Å². The molecule has 3 aromatic rings. The Balaban J connectivity index is 1.41. The predicted molar refractivity (Wildman–Crippen MR) is 104 cm³/mol. The standard InChI is InChI=1S/C19H17BrN6O/c20-19-15(23-16-3-1-2-6-26(16)19)12-18(27)25-9-7-24(8-10-25)17-11-14(13-21)4-5-22-17/h1-6,11H,7-10,12H2. The minimum Gasteiger partial charge on any atom is -0.353 e. The molecule has 0 bridgehead atoms. The van der Waals surface area contributed by atoms with Crippen LogP contribution in [0.15, 0.2) is 47.3 Å². The molecule has 1 saturated heterocycles. The van der Waals surface area contributed by atoms with E-state index in [4.69, 9.17) is 5.26 Å². The normalized spacial score (nSPS) is 14.4. The topological polar surface area (TPSA) is 77.5 Å². The molecule has 136 valence electrons. The first kappa shape index (κ1) is 17.5. The van der Waals surface area contributed by atoms with Gasteiger partial charge in [-0.2, -0.15) is 5.26 Å². The summed E-state index contributed by atoms with van der Waals surface area (Å²) in [5.41, 5.74) is 2.16. The lowest BCUT2D eigenvalue weighted by Gasteiger charge is -2.35. The van der Waals surface area contributed by atoms with E-state index in [2.05, 4.69) is 36.9 Å². The maximum atomic E-state index is 12.7. The highest BCUT2D eigenvalue weighted by Crippen LogP contribution is 2.21. The van der Waals surface area contributed by atoms with E-state index in [0.717, 1.165) is 21.8 Å². The monoisotopic (exact) mass is 424 g/mol. The predicted octanol–water partition coefficient (Wildman–Crippen LogP) is 2.25. The van der Waals surface area contributed by atoms with Gasteiger partial charge < -0.3 is 9.80 Å². The number of pyridine rings is 2. The number of amides is 1. The molecule has 1 aliphatic rings. The van der Waals surface area contributed by atoms with E-state index in [-0.39, 0.29) is 12.3 Å². The van der Waals surface area contributed by atoms with Crippen LogP contribution in [0.1, 0.15) is 11.3 Å². The molecule has 0 radical (unpaired) electrons. The SMILES string of the molecule is N#Cc1ccnc(N2CCN(C(=O)Cc3nc4ccccn4c3Br)CC2)c1. The molecule has 4 heterocycles. The number of halogens is 1. The summed E-state index contributed by atoms with van der Waals surface area (Å²) in [7, 11) is 0. The molecule has 7 nitrogen and oxygen atoms in total. The van der Waals surface area contributed by atoms with Crippen molar-refractivity contribution in [1.29, 1.82) is 5.26 Å². The van der Waals surface area contributed by atoms with Crippen molar-refractivity contribution in [2.45, 2.75) is 6.42 Å². The summed E-state index contributed by atoms with van der Waals surface area (Å²) in [5.74, 6) is 0.849. The Morgan fingerprint density at radius 3 is 2.78 bits per heavy atom. The van der Waals surface area contributed by atoms with Crippen LogP contribution < -0.4 is 4.90 Å². The van der Waals surface area contributed by atoms with Crippen molar-refractivity contribution >= 4 is 33.3 Å². The zero-order valence-electron chi connectivity index (χ0n) is 14.5. The van der Waals surface area contributed by atoms with Gasteiger partial charge in [-0.1, -0.05) is 6.07 Å². The molecule has 0 unspecified atom stereocenters. The van der Waals surface area contributed by atoms with Crippen LogP contribution in [0.25, 0.3) is 5.65 Å². The van der Waals surface area contributed by atoms with Crippen LogP contribution in [0.5, 0.6) is 0 Å². The number of anilines is 1. The molecule has 0 spiro atoms. The lowest BCUT2D eigenvalue weighted by molar-refractivity contribution is -0.130. The molecular weight excluding hydrogens is 408 g/mol. The summed E-state index contributed by atoms with van der Waals surface area (Å²) < 4.78 is 2.75. The van der Waals surface area contributed by atoms with Crippen LogP contribution in [0.2, 0.25) is 0 Å². The fourth-order valence-electron chi connectivity index (χ4n) is 3.23. The number of piperazine rings is 1. The summed E-state index contributed by atoms with van der Waals surface area (Å²) in [6.07, 6.45) is 3.83. The zero-order chi connectivity index (χ0) is 18.8. The average Bonchev–Trinajstić information content (AvgIpc) is 3.04. The van der Waals surface area contributed by atoms with E-state index >= 15 is 0 Å². The highest BCUT2D eigenvalue weighted by molar-refractivity contribution is 9.10. The number of nitrogens with zero attached hydrogens (tertiary/aromatic N) is 6. The second kappa shape index (κ2) is 7.37. The highest BCUT2D eigenvalue weighted by atomic mass is 79.9. The summed E-state index contributed by atoms with van der Waals surface area (Å²) >= 11 is 3.54. The summed E-state index contributed by atoms with van der Waals surface area (Å²) in [5, 5.41) is 9.03. The number of aromatic nitrogens is 3. The number of hydrogen-bond acceptors (Lipinski definition) is 5. The van der Waals surface area contributed by atoms with Gasteiger partial charge in [-0.25, -0.2) is 9.97 Å². The maximum absolute atomic E-state index is 12.7. The lowest BCUT2D eigenvalue weighted by Crippen LogP contribution is -2.49. The molecule has 0 aromatic carbocycles. The van der Waals surface area contributed by atoms with Gasteiger partial charge in [-0.3, -0.25) is 9.20 Å². The number of imidazole rings is 1. The van der Waals surface area contributed by atoms with Crippen LogP contribution in [0, 0.1) is 11.3 Å². The lowest BCUT2D eigenvalue weighted by atomic mass is 10.2. The van der Waals surface area contributed by atoms with E-state index < -0.39 is 0 Å². The van der Waals surface area contributed by atoms with Gasteiger partial charge in [-0.15, -0.1) is 0 Å². The molecule has 3 aromatic heterocycles. The van der Waals surface area contributed by atoms with Crippen molar-refractivity contribution in [1.82, 2.24) is 19.3 Å². The minimum absolute atomic E-state index is 0.0671. The van der Waals surface area contributed by atoms with E-state index in [0.29, 0.717) is 31.7 Å². The second-order valence-corrected chi connectivity index (χ2v) is 7.09. The minimum atomic E-state index is 0.0671. The Morgan fingerprint density at radius 1 is 1.22 bits per heavy atom. The molecule has 27 heavy (non-hydrogen) atoms. The molecule has 8 heteroatoms. The number of nitriles is 1. The van der Waals surface area contributed by atoms with Gasteiger partial charge in [0, 0.05) is 38.6 Å². The Bertz CT molecular complexity index is 1030. The smallest absolute Gasteiger partial charge is 0.228 e. The van der Waals surface area contributed by atoms with Gasteiger partial charge in [0.1, 0.15) is 16.1 Å². The fourth-order valence-corrected chi connectivity index (χ4v) is 3.76. The first-order valence-corrected chi connectivity index (χ1v) is 9.45. The van der Waals surface area contributed by atoms with E-state index in [1.165, 1.54) is 0 Å². The molecule has 1 fully saturated rings. The third-order valence-electron chi connectivity index (χ3n) is 4.69. The van der Waals surface area contributed by atoms with Crippen LogP contribution in [0.4, 0.5) is 5.82 Å². The molecular formula is C19H17BrN6O. The summed E-state index contributed by atoms with van der Waals surface area (Å²) in [6.45, 7) is 2.64. The van der Waals surface area contributed by atoms with Crippen molar-refractivity contribution in [3.63, 3.8) is 0 Å². The van der Waals surface area contributed by atoms with Gasteiger partial charge >= 0.3 is 0 Å². The molecule has 1 amide bonds. The van der Waals surface area contributed by atoms with E-state index in [1.54, 1.807) is 18.3 Å². The summed E-state index contributed by atoms with van der Waals surface area (Å²) in [4.78, 5) is 25.6. The number of rotatable bonds is 3. The first-order valence-electron chi connectivity index (χ1n) is 8.66. The highest BCUT2D eigenvalue weighted by Gasteiger charge is 2.23. The van der Waals surface area contributed by atoms with Gasteiger partial charge in [0.15, 0.2) is 0 Å². The molecule has 4 rings (SSSR count). The number of fused-ring (bicyclic) bond motifs is 1. The third kappa shape index (κ3) is 3.51. The average molecular weight is 425 g/mol. The second-order valence-electron chi connectivity index (χ2n) is 6.34. The Labute approximate surface area is 165 Å². The van der Waals surface area contributed by atoms with Crippen LogP contribution in [-0.2, 0) is 11.2 Å². The largest absolute Gasteiger partial charge is 0.353 e. The van der Waals surface area contributed by atoms with Gasteiger partial charge in [0.25, 0.3) is 0 Å². The number of carbonyl (C=O) groups excluding carboxylic acids is 1. The van der Waals surface area contributed by atoms with Crippen LogP contribution in [0.3, 0.4) is 0 Å². The van der Waals surface area contributed by atoms with Crippen LogP contribution in [-0.4, -0.2) is 51.4 Å². The molecule has 1 aliphatic heterocycles. The Kier molecular flexibility index (Phi) is 4.77. The Hall–Kier alpha value is -2.92. The molecule has 0 aliphatic carbocycles. The third-order valence-corrected chi connectivity index (χ3v) is 5.53. The quantitative estimate of drug-likeness (QED) is 0.644. The molecule has 0 N–H and O–H groups in total. The van der Waals surface area contributed by atoms with Crippen molar-refractivity contribution in [2.75, 3.05) is 31.1 Å². The number of carbonyl (C=O) groups is 1. The van der Waals surface area contributed by atoms with Gasteiger partial charge in [0.2, 0.25) is 5.91 Å². The fraction of sp³-hybridized carbons (Fsp3) is 0.263. The maximum Gasteiger partial charge on any atom is 0.228 e. The number of hydrogen-bond donors (Lipinski definition) is 0. The van der Waals surface area contributed by atoms with E-state index in [1.807, 2.05) is 33.7 Å². The Morgan fingerprint density at radius 2 is 2.04 bits per heavy atom. The zero-order valence-corrected chi connectivity index (χ0v) is 16.1. The van der Waals surface area contributed by atoms with Crippen LogP contribution >= 0.6 is 15.9 Å². The van der Waals surface area contributed by atoms with Crippen molar-refractivity contribution in [3.8, 4) is 6.07 Å². The van der Waals surface area contributed by atoms with Gasteiger partial charge in [-0.05, 0) is 40.2 Å².